The molecule has 0 radical (unpaired) electrons. The maximum absolute atomic E-state index is 12.4. The van der Waals surface area contributed by atoms with Gasteiger partial charge in [0, 0.05) is 25.9 Å². The van der Waals surface area contributed by atoms with Crippen molar-refractivity contribution in [1.29, 1.82) is 0 Å². The van der Waals surface area contributed by atoms with E-state index in [1.54, 1.807) is 12.4 Å². The maximum atomic E-state index is 12.4. The van der Waals surface area contributed by atoms with Gasteiger partial charge in [0.05, 0.1) is 13.2 Å². The van der Waals surface area contributed by atoms with Gasteiger partial charge < -0.3 is 20.3 Å². The molecule has 0 aliphatic carbocycles. The number of nitrogens with one attached hydrogen (secondary N) is 2. The van der Waals surface area contributed by atoms with E-state index >= 15 is 0 Å². The highest BCUT2D eigenvalue weighted by atomic mass is 16.3. The molecular weight excluding hydrogens is 260 g/mol. The van der Waals surface area contributed by atoms with E-state index in [-0.39, 0.29) is 31.5 Å². The van der Waals surface area contributed by atoms with Crippen LogP contribution in [0.1, 0.15) is 32.5 Å². The van der Waals surface area contributed by atoms with E-state index < -0.39 is 6.04 Å². The van der Waals surface area contributed by atoms with Crippen LogP contribution >= 0.6 is 0 Å². The number of aliphatic hydroxyl groups excluding tert-OH is 1. The average molecular weight is 282 g/mol. The highest BCUT2D eigenvalue weighted by Crippen LogP contribution is 2.06. The predicted octanol–water partition coefficient (Wildman–Crippen LogP) is 0.0354. The van der Waals surface area contributed by atoms with Crippen LogP contribution in [0.4, 0.5) is 0 Å². The summed E-state index contributed by atoms with van der Waals surface area (Å²) in [6, 6.07) is -0.556. The molecule has 112 valence electrons. The number of carbonyl (C=O) groups is 2. The van der Waals surface area contributed by atoms with Crippen molar-refractivity contribution in [2.24, 2.45) is 0 Å². The fourth-order valence-corrected chi connectivity index (χ4v) is 1.96. The Hall–Kier alpha value is -1.89. The van der Waals surface area contributed by atoms with Gasteiger partial charge in [0.25, 0.3) is 0 Å². The summed E-state index contributed by atoms with van der Waals surface area (Å²) in [5, 5.41) is 11.8. The minimum atomic E-state index is -0.556. The van der Waals surface area contributed by atoms with Crippen molar-refractivity contribution in [2.75, 3.05) is 13.2 Å². The third-order valence-corrected chi connectivity index (χ3v) is 2.83. The van der Waals surface area contributed by atoms with E-state index in [9.17, 15) is 9.59 Å². The molecule has 0 aliphatic heterocycles. The Morgan fingerprint density at radius 1 is 1.55 bits per heavy atom. The molecule has 0 bridgehead atoms. The summed E-state index contributed by atoms with van der Waals surface area (Å²) in [6.45, 7) is 3.70. The molecule has 3 N–H and O–H groups in total. The minimum Gasteiger partial charge on any atom is -0.395 e. The normalized spacial score (nSPS) is 11.9. The van der Waals surface area contributed by atoms with E-state index in [4.69, 9.17) is 5.11 Å². The predicted molar refractivity (Wildman–Crippen MR) is 73.6 cm³/mol. The van der Waals surface area contributed by atoms with Crippen molar-refractivity contribution in [2.45, 2.75) is 39.3 Å². The average Bonchev–Trinajstić information content (AvgIpc) is 2.89. The minimum absolute atomic E-state index is 0.134. The lowest BCUT2D eigenvalue weighted by Gasteiger charge is -2.26. The highest BCUT2D eigenvalue weighted by molar-refractivity contribution is 5.86. The number of nitrogens with zero attached hydrogens (tertiary/aromatic N) is 2. The standard InChI is InChI=1S/C13H22N4O3/c1-3-4-11(16-10(2)19)13(20)17(7-8-18)9-12-14-5-6-15-12/h5-6,11,18H,3-4,7-9H2,1-2H3,(H,14,15)(H,16,19). The molecule has 7 nitrogen and oxygen atoms in total. The molecule has 0 spiro atoms. The molecule has 0 fully saturated rings. The summed E-state index contributed by atoms with van der Waals surface area (Å²) < 4.78 is 0. The number of aromatic amines is 1. The molecule has 20 heavy (non-hydrogen) atoms. The third-order valence-electron chi connectivity index (χ3n) is 2.83. The van der Waals surface area contributed by atoms with Gasteiger partial charge in [0.1, 0.15) is 11.9 Å². The maximum Gasteiger partial charge on any atom is 0.245 e. The SMILES string of the molecule is CCCC(NC(C)=O)C(=O)N(CCO)Cc1ncc[nH]1. The first-order chi connectivity index (χ1) is 9.58. The number of aromatic nitrogens is 2. The second-order valence-electron chi connectivity index (χ2n) is 4.56. The van der Waals surface area contributed by atoms with Crippen molar-refractivity contribution < 1.29 is 14.7 Å². The molecule has 1 aromatic rings. The van der Waals surface area contributed by atoms with Crippen LogP contribution in [0.2, 0.25) is 0 Å². The molecule has 1 unspecified atom stereocenters. The summed E-state index contributed by atoms with van der Waals surface area (Å²) in [7, 11) is 0. The van der Waals surface area contributed by atoms with Crippen molar-refractivity contribution in [1.82, 2.24) is 20.2 Å². The second kappa shape index (κ2) is 8.31. The number of rotatable bonds is 8. The smallest absolute Gasteiger partial charge is 0.245 e. The van der Waals surface area contributed by atoms with E-state index in [2.05, 4.69) is 15.3 Å². The molecule has 0 saturated carbocycles. The van der Waals surface area contributed by atoms with Crippen molar-refractivity contribution in [3.05, 3.63) is 18.2 Å². The van der Waals surface area contributed by atoms with Crippen LogP contribution in [0.25, 0.3) is 0 Å². The van der Waals surface area contributed by atoms with Crippen LogP contribution in [0.3, 0.4) is 0 Å². The van der Waals surface area contributed by atoms with E-state index in [0.29, 0.717) is 12.2 Å². The number of carbonyl (C=O) groups excluding carboxylic acids is 2. The van der Waals surface area contributed by atoms with Gasteiger partial charge in [-0.3, -0.25) is 9.59 Å². The van der Waals surface area contributed by atoms with Crippen LogP contribution in [-0.4, -0.2) is 51.0 Å². The molecule has 2 amide bonds. The molecular formula is C13H22N4O3. The van der Waals surface area contributed by atoms with Crippen LogP contribution in [0, 0.1) is 0 Å². The quantitative estimate of drug-likeness (QED) is 0.626. The fourth-order valence-electron chi connectivity index (χ4n) is 1.96. The topological polar surface area (TPSA) is 98.3 Å². The molecule has 1 aromatic heterocycles. The van der Waals surface area contributed by atoms with Crippen LogP contribution in [0.15, 0.2) is 12.4 Å². The number of H-pyrrole nitrogens is 1. The van der Waals surface area contributed by atoms with Gasteiger partial charge in [-0.1, -0.05) is 13.3 Å². The lowest BCUT2D eigenvalue weighted by atomic mass is 10.1. The van der Waals surface area contributed by atoms with Gasteiger partial charge in [-0.2, -0.15) is 0 Å². The summed E-state index contributed by atoms with van der Waals surface area (Å²) in [6.07, 6.45) is 4.63. The van der Waals surface area contributed by atoms with Crippen molar-refractivity contribution >= 4 is 11.8 Å². The molecule has 0 saturated heterocycles. The number of imidazole rings is 1. The zero-order valence-electron chi connectivity index (χ0n) is 11.9. The largest absolute Gasteiger partial charge is 0.395 e. The van der Waals surface area contributed by atoms with Gasteiger partial charge in [-0.05, 0) is 6.42 Å². The zero-order valence-corrected chi connectivity index (χ0v) is 11.9. The first kappa shape index (κ1) is 16.2. The highest BCUT2D eigenvalue weighted by Gasteiger charge is 2.24. The van der Waals surface area contributed by atoms with Gasteiger partial charge in [-0.25, -0.2) is 4.98 Å². The Kier molecular flexibility index (Phi) is 6.72. The molecule has 0 aliphatic rings. The fraction of sp³-hybridized carbons (Fsp3) is 0.615. The van der Waals surface area contributed by atoms with Crippen molar-refractivity contribution in [3.8, 4) is 0 Å². The van der Waals surface area contributed by atoms with E-state index in [0.717, 1.165) is 6.42 Å². The Morgan fingerprint density at radius 3 is 2.80 bits per heavy atom. The number of hydrogen-bond acceptors (Lipinski definition) is 4. The second-order valence-corrected chi connectivity index (χ2v) is 4.56. The summed E-state index contributed by atoms with van der Waals surface area (Å²) in [5.41, 5.74) is 0. The number of aliphatic hydroxyl groups is 1. The van der Waals surface area contributed by atoms with Gasteiger partial charge in [0.15, 0.2) is 0 Å². The van der Waals surface area contributed by atoms with Gasteiger partial charge in [0.2, 0.25) is 11.8 Å². The van der Waals surface area contributed by atoms with Crippen LogP contribution in [0.5, 0.6) is 0 Å². The zero-order chi connectivity index (χ0) is 15.0. The van der Waals surface area contributed by atoms with E-state index in [1.165, 1.54) is 11.8 Å². The monoisotopic (exact) mass is 282 g/mol. The Labute approximate surface area is 118 Å². The number of amides is 2. The van der Waals surface area contributed by atoms with Gasteiger partial charge >= 0.3 is 0 Å². The lowest BCUT2D eigenvalue weighted by molar-refractivity contribution is -0.137. The lowest BCUT2D eigenvalue weighted by Crippen LogP contribution is -2.48. The summed E-state index contributed by atoms with van der Waals surface area (Å²) in [5.74, 6) is 0.205. The van der Waals surface area contributed by atoms with E-state index in [1.807, 2.05) is 6.92 Å². The first-order valence-electron chi connectivity index (χ1n) is 6.73. The number of hydrogen-bond donors (Lipinski definition) is 3. The molecule has 1 heterocycles. The molecule has 0 aromatic carbocycles. The Balaban J connectivity index is 2.75. The summed E-state index contributed by atoms with van der Waals surface area (Å²) in [4.78, 5) is 32.1. The van der Waals surface area contributed by atoms with Crippen molar-refractivity contribution in [3.63, 3.8) is 0 Å². The molecule has 7 heteroatoms. The third kappa shape index (κ3) is 5.00. The summed E-state index contributed by atoms with van der Waals surface area (Å²) >= 11 is 0. The Morgan fingerprint density at radius 2 is 2.30 bits per heavy atom. The van der Waals surface area contributed by atoms with Gasteiger partial charge in [-0.15, -0.1) is 0 Å². The Bertz CT molecular complexity index is 419. The first-order valence-corrected chi connectivity index (χ1v) is 6.73. The molecule has 1 rings (SSSR count). The van der Waals surface area contributed by atoms with Crippen LogP contribution < -0.4 is 5.32 Å². The molecule has 1 atom stereocenters. The van der Waals surface area contributed by atoms with Crippen LogP contribution in [-0.2, 0) is 16.1 Å².